The minimum atomic E-state index is -3.86. The van der Waals surface area contributed by atoms with Crippen LogP contribution in [0, 0.1) is 5.82 Å². The Morgan fingerprint density at radius 1 is 1.45 bits per heavy atom. The van der Waals surface area contributed by atoms with E-state index in [9.17, 15) is 12.8 Å². The van der Waals surface area contributed by atoms with Crippen molar-refractivity contribution in [2.24, 2.45) is 5.73 Å². The number of hydrogen-bond donors (Lipinski definition) is 1. The van der Waals surface area contributed by atoms with Crippen molar-refractivity contribution in [1.29, 1.82) is 0 Å². The second-order valence-corrected chi connectivity index (χ2v) is 7.62. The van der Waals surface area contributed by atoms with Crippen LogP contribution in [0.25, 0.3) is 0 Å². The Morgan fingerprint density at radius 2 is 2.15 bits per heavy atom. The molecule has 0 aromatic heterocycles. The van der Waals surface area contributed by atoms with Gasteiger partial charge in [-0.15, -0.1) is 0 Å². The Kier molecular flexibility index (Phi) is 4.80. The molecule has 1 saturated heterocycles. The lowest BCUT2D eigenvalue weighted by atomic mass is 10.2. The molecular weight excluding hydrogens is 349 g/mol. The fourth-order valence-corrected chi connectivity index (χ4v) is 4.31. The first-order valence-electron chi connectivity index (χ1n) is 6.21. The van der Waals surface area contributed by atoms with Gasteiger partial charge in [0.05, 0.1) is 6.04 Å². The number of nitrogens with zero attached hydrogens (tertiary/aromatic N) is 2. The normalized spacial score (nSPS) is 22.1. The molecule has 1 heterocycles. The summed E-state index contributed by atoms with van der Waals surface area (Å²) >= 11 is 3.12. The zero-order valence-corrected chi connectivity index (χ0v) is 13.5. The van der Waals surface area contributed by atoms with Gasteiger partial charge in [0, 0.05) is 30.7 Å². The molecule has 1 aliphatic heterocycles. The lowest BCUT2D eigenvalue weighted by molar-refractivity contribution is 0.163. The summed E-state index contributed by atoms with van der Waals surface area (Å²) in [5.41, 5.74) is 5.66. The van der Waals surface area contributed by atoms with Crippen molar-refractivity contribution in [2.75, 3.05) is 33.2 Å². The van der Waals surface area contributed by atoms with Crippen LogP contribution in [0.4, 0.5) is 4.39 Å². The van der Waals surface area contributed by atoms with E-state index in [0.29, 0.717) is 24.1 Å². The third kappa shape index (κ3) is 3.04. The monoisotopic (exact) mass is 365 g/mol. The van der Waals surface area contributed by atoms with Gasteiger partial charge in [0.15, 0.2) is 0 Å². The molecule has 0 radical (unpaired) electrons. The van der Waals surface area contributed by atoms with Gasteiger partial charge in [0.1, 0.15) is 10.7 Å². The summed E-state index contributed by atoms with van der Waals surface area (Å²) in [7, 11) is -1.95. The van der Waals surface area contributed by atoms with Crippen molar-refractivity contribution in [3.8, 4) is 0 Å². The summed E-state index contributed by atoms with van der Waals surface area (Å²) in [6, 6.07) is 3.62. The van der Waals surface area contributed by atoms with Crippen molar-refractivity contribution in [3.63, 3.8) is 0 Å². The number of sulfonamides is 1. The van der Waals surface area contributed by atoms with E-state index in [-0.39, 0.29) is 17.5 Å². The van der Waals surface area contributed by atoms with E-state index in [0.717, 1.165) is 6.07 Å². The van der Waals surface area contributed by atoms with Crippen LogP contribution in [0.1, 0.15) is 0 Å². The van der Waals surface area contributed by atoms with Crippen LogP contribution in [0.2, 0.25) is 0 Å². The van der Waals surface area contributed by atoms with Crippen LogP contribution in [0.3, 0.4) is 0 Å². The van der Waals surface area contributed by atoms with Crippen molar-refractivity contribution in [2.45, 2.75) is 10.9 Å². The average molecular weight is 366 g/mol. The average Bonchev–Trinajstić information content (AvgIpc) is 2.37. The smallest absolute Gasteiger partial charge is 0.246 e. The molecule has 1 aliphatic rings. The summed E-state index contributed by atoms with van der Waals surface area (Å²) in [5, 5.41) is 0. The number of rotatable bonds is 3. The fourth-order valence-electron chi connectivity index (χ4n) is 2.31. The van der Waals surface area contributed by atoms with Crippen molar-refractivity contribution >= 4 is 26.0 Å². The van der Waals surface area contributed by atoms with Gasteiger partial charge in [0.2, 0.25) is 10.0 Å². The molecule has 0 amide bonds. The van der Waals surface area contributed by atoms with Gasteiger partial charge < -0.3 is 10.6 Å². The maximum absolute atomic E-state index is 13.9. The standard InChI is InChI=1S/C12H17BrFN3O2S/c1-16-4-5-17(10(7-15)8-16)20(18,19)12-3-2-9(13)6-11(12)14/h2-3,6,10H,4-5,7-8,15H2,1H3. The minimum absolute atomic E-state index is 0.210. The summed E-state index contributed by atoms with van der Waals surface area (Å²) in [6.45, 7) is 1.68. The SMILES string of the molecule is CN1CCN(S(=O)(=O)c2ccc(Br)cc2F)C(CN)C1. The number of piperazine rings is 1. The molecule has 1 aromatic carbocycles. The highest BCUT2D eigenvalue weighted by Crippen LogP contribution is 2.25. The van der Waals surface area contributed by atoms with Gasteiger partial charge in [-0.3, -0.25) is 0 Å². The van der Waals surface area contributed by atoms with E-state index in [1.54, 1.807) is 0 Å². The Balaban J connectivity index is 2.38. The maximum atomic E-state index is 13.9. The third-order valence-electron chi connectivity index (χ3n) is 3.38. The molecule has 0 spiro atoms. The highest BCUT2D eigenvalue weighted by atomic mass is 79.9. The molecule has 0 bridgehead atoms. The molecule has 1 unspecified atom stereocenters. The molecule has 1 atom stereocenters. The lowest BCUT2D eigenvalue weighted by Gasteiger charge is -2.38. The molecule has 2 rings (SSSR count). The van der Waals surface area contributed by atoms with Crippen LogP contribution >= 0.6 is 15.9 Å². The summed E-state index contributed by atoms with van der Waals surface area (Å²) < 4.78 is 40.9. The highest BCUT2D eigenvalue weighted by Gasteiger charge is 2.35. The van der Waals surface area contributed by atoms with Crippen molar-refractivity contribution in [3.05, 3.63) is 28.5 Å². The quantitative estimate of drug-likeness (QED) is 0.862. The van der Waals surface area contributed by atoms with Gasteiger partial charge in [-0.05, 0) is 25.2 Å². The molecule has 5 nitrogen and oxygen atoms in total. The number of hydrogen-bond acceptors (Lipinski definition) is 4. The first kappa shape index (κ1) is 15.8. The molecule has 0 saturated carbocycles. The van der Waals surface area contributed by atoms with E-state index in [1.165, 1.54) is 16.4 Å². The van der Waals surface area contributed by atoms with Crippen LogP contribution in [0.15, 0.2) is 27.6 Å². The van der Waals surface area contributed by atoms with Crippen LogP contribution < -0.4 is 5.73 Å². The molecule has 20 heavy (non-hydrogen) atoms. The molecule has 2 N–H and O–H groups in total. The highest BCUT2D eigenvalue weighted by molar-refractivity contribution is 9.10. The van der Waals surface area contributed by atoms with Gasteiger partial charge in [0.25, 0.3) is 0 Å². The molecule has 1 aromatic rings. The fraction of sp³-hybridized carbons (Fsp3) is 0.500. The lowest BCUT2D eigenvalue weighted by Crippen LogP contribution is -2.56. The van der Waals surface area contributed by atoms with Crippen molar-refractivity contribution in [1.82, 2.24) is 9.21 Å². The van der Waals surface area contributed by atoms with Gasteiger partial charge >= 0.3 is 0 Å². The summed E-state index contributed by atoms with van der Waals surface area (Å²) in [4.78, 5) is 1.71. The minimum Gasteiger partial charge on any atom is -0.329 e. The summed E-state index contributed by atoms with van der Waals surface area (Å²) in [6.07, 6.45) is 0. The predicted octanol–water partition coefficient (Wildman–Crippen LogP) is 0.852. The van der Waals surface area contributed by atoms with E-state index in [1.807, 2.05) is 11.9 Å². The molecule has 1 fully saturated rings. The van der Waals surface area contributed by atoms with Gasteiger partial charge in [-0.2, -0.15) is 4.31 Å². The number of benzene rings is 1. The molecular formula is C12H17BrFN3O2S. The Labute approximate surface area is 126 Å². The topological polar surface area (TPSA) is 66.6 Å². The van der Waals surface area contributed by atoms with Crippen LogP contribution in [-0.2, 0) is 10.0 Å². The van der Waals surface area contributed by atoms with E-state index in [2.05, 4.69) is 15.9 Å². The predicted molar refractivity (Wildman–Crippen MR) is 78.3 cm³/mol. The summed E-state index contributed by atoms with van der Waals surface area (Å²) in [5.74, 6) is -0.755. The number of nitrogens with two attached hydrogens (primary N) is 1. The Morgan fingerprint density at radius 3 is 2.75 bits per heavy atom. The van der Waals surface area contributed by atoms with Crippen LogP contribution in [-0.4, -0.2) is 56.9 Å². The number of likely N-dealkylation sites (N-methyl/N-ethyl adjacent to an activating group) is 1. The second kappa shape index (κ2) is 6.07. The molecule has 8 heteroatoms. The zero-order valence-electron chi connectivity index (χ0n) is 11.1. The first-order valence-corrected chi connectivity index (χ1v) is 8.45. The first-order chi connectivity index (χ1) is 9.36. The Bertz CT molecular complexity index is 596. The van der Waals surface area contributed by atoms with Gasteiger partial charge in [-0.1, -0.05) is 15.9 Å². The van der Waals surface area contributed by atoms with Crippen LogP contribution in [0.5, 0.6) is 0 Å². The van der Waals surface area contributed by atoms with E-state index < -0.39 is 15.8 Å². The largest absolute Gasteiger partial charge is 0.329 e. The zero-order chi connectivity index (χ0) is 14.9. The second-order valence-electron chi connectivity index (χ2n) is 4.84. The van der Waals surface area contributed by atoms with Gasteiger partial charge in [-0.25, -0.2) is 12.8 Å². The van der Waals surface area contributed by atoms with Crippen molar-refractivity contribution < 1.29 is 12.8 Å². The maximum Gasteiger partial charge on any atom is 0.246 e. The number of halogens is 2. The van der Waals surface area contributed by atoms with E-state index >= 15 is 0 Å². The molecule has 112 valence electrons. The third-order valence-corrected chi connectivity index (χ3v) is 5.86. The molecule has 0 aliphatic carbocycles. The Hall–Kier alpha value is -0.540. The van der Waals surface area contributed by atoms with E-state index in [4.69, 9.17) is 5.73 Å².